The zero-order valence-electron chi connectivity index (χ0n) is 6.00. The monoisotopic (exact) mass is 261 g/mol. The van der Waals surface area contributed by atoms with Crippen molar-refractivity contribution in [1.82, 2.24) is 0 Å². The van der Waals surface area contributed by atoms with E-state index in [1.165, 1.54) is 0 Å². The van der Waals surface area contributed by atoms with Crippen LogP contribution in [-0.4, -0.2) is 6.54 Å². The molecular formula is C8H10ClNPd. The van der Waals surface area contributed by atoms with Crippen LogP contribution in [0.2, 0.25) is 5.02 Å². The summed E-state index contributed by atoms with van der Waals surface area (Å²) < 4.78 is 0. The van der Waals surface area contributed by atoms with Gasteiger partial charge in [0.05, 0.1) is 0 Å². The second kappa shape index (κ2) is 5.74. The Labute approximate surface area is 85.6 Å². The molecule has 0 unspecified atom stereocenters. The molecule has 0 amide bonds. The molecule has 3 heteroatoms. The average molecular weight is 262 g/mol. The Bertz CT molecular complexity index is 215. The maximum absolute atomic E-state index is 5.85. The van der Waals surface area contributed by atoms with Crippen LogP contribution in [0.4, 0.5) is 0 Å². The summed E-state index contributed by atoms with van der Waals surface area (Å²) >= 11 is 5.85. The first-order valence-corrected chi connectivity index (χ1v) is 3.66. The zero-order chi connectivity index (χ0) is 7.40. The second-order valence-corrected chi connectivity index (χ2v) is 2.54. The van der Waals surface area contributed by atoms with Gasteiger partial charge in [-0.05, 0) is 24.6 Å². The van der Waals surface area contributed by atoms with E-state index in [2.05, 4.69) is 0 Å². The third kappa shape index (κ3) is 3.36. The molecule has 0 aliphatic heterocycles. The Morgan fingerprint density at radius 2 is 1.91 bits per heavy atom. The molecule has 0 bridgehead atoms. The van der Waals surface area contributed by atoms with Crippen molar-refractivity contribution in [2.24, 2.45) is 5.73 Å². The van der Waals surface area contributed by atoms with Crippen molar-refractivity contribution < 1.29 is 20.4 Å². The molecule has 1 aromatic carbocycles. The minimum Gasteiger partial charge on any atom is -0.330 e. The van der Waals surface area contributed by atoms with E-state index in [0.29, 0.717) is 6.54 Å². The molecular weight excluding hydrogens is 252 g/mol. The molecule has 0 spiro atoms. The SMILES string of the molecule is NCCc1ccccc1Cl.[Pd]. The van der Waals surface area contributed by atoms with Crippen molar-refractivity contribution in [1.29, 1.82) is 0 Å². The van der Waals surface area contributed by atoms with E-state index < -0.39 is 0 Å². The van der Waals surface area contributed by atoms with Gasteiger partial charge >= 0.3 is 0 Å². The van der Waals surface area contributed by atoms with Crippen molar-refractivity contribution in [2.45, 2.75) is 6.42 Å². The number of hydrogen-bond donors (Lipinski definition) is 1. The molecule has 1 nitrogen and oxygen atoms in total. The van der Waals surface area contributed by atoms with Gasteiger partial charge in [-0.1, -0.05) is 29.8 Å². The summed E-state index contributed by atoms with van der Waals surface area (Å²) in [5, 5.41) is 0.813. The standard InChI is InChI=1S/C8H10ClN.Pd/c9-8-4-2-1-3-7(8)5-6-10;/h1-4H,5-6,10H2;. The Balaban J connectivity index is 0.000001000. The van der Waals surface area contributed by atoms with Crippen molar-refractivity contribution >= 4 is 11.6 Å². The van der Waals surface area contributed by atoms with Crippen molar-refractivity contribution in [3.8, 4) is 0 Å². The van der Waals surface area contributed by atoms with Gasteiger partial charge in [0.1, 0.15) is 0 Å². The summed E-state index contributed by atoms with van der Waals surface area (Å²) in [6.45, 7) is 0.656. The van der Waals surface area contributed by atoms with Crippen molar-refractivity contribution in [3.05, 3.63) is 34.9 Å². The zero-order valence-corrected chi connectivity index (χ0v) is 8.31. The largest absolute Gasteiger partial charge is 0.330 e. The van der Waals surface area contributed by atoms with Gasteiger partial charge in [0.25, 0.3) is 0 Å². The van der Waals surface area contributed by atoms with Crippen LogP contribution >= 0.6 is 11.6 Å². The minimum atomic E-state index is 0. The van der Waals surface area contributed by atoms with E-state index in [1.807, 2.05) is 24.3 Å². The van der Waals surface area contributed by atoms with Crippen LogP contribution in [0.15, 0.2) is 24.3 Å². The van der Waals surface area contributed by atoms with Crippen LogP contribution in [-0.2, 0) is 26.8 Å². The van der Waals surface area contributed by atoms with Crippen LogP contribution in [0.5, 0.6) is 0 Å². The number of hydrogen-bond acceptors (Lipinski definition) is 1. The fourth-order valence-electron chi connectivity index (χ4n) is 0.857. The van der Waals surface area contributed by atoms with Crippen molar-refractivity contribution in [3.63, 3.8) is 0 Å². The van der Waals surface area contributed by atoms with E-state index in [0.717, 1.165) is 17.0 Å². The molecule has 1 rings (SSSR count). The molecule has 1 aromatic rings. The topological polar surface area (TPSA) is 26.0 Å². The van der Waals surface area contributed by atoms with Crippen molar-refractivity contribution in [2.75, 3.05) is 6.54 Å². The fraction of sp³-hybridized carbons (Fsp3) is 0.250. The summed E-state index contributed by atoms with van der Waals surface area (Å²) in [6.07, 6.45) is 0.861. The van der Waals surface area contributed by atoms with Gasteiger partial charge in [-0.3, -0.25) is 0 Å². The molecule has 0 radical (unpaired) electrons. The normalized spacial score (nSPS) is 8.91. The van der Waals surface area contributed by atoms with Crippen LogP contribution in [0.25, 0.3) is 0 Å². The first kappa shape index (κ1) is 11.1. The summed E-state index contributed by atoms with van der Waals surface area (Å²) in [5.41, 5.74) is 6.50. The maximum Gasteiger partial charge on any atom is 0.0438 e. The number of benzene rings is 1. The van der Waals surface area contributed by atoms with Gasteiger partial charge in [0, 0.05) is 25.4 Å². The second-order valence-electron chi connectivity index (χ2n) is 2.13. The molecule has 0 aliphatic rings. The molecule has 0 aliphatic carbocycles. The van der Waals surface area contributed by atoms with E-state index >= 15 is 0 Å². The van der Waals surface area contributed by atoms with Gasteiger partial charge in [-0.15, -0.1) is 0 Å². The molecule has 2 N–H and O–H groups in total. The predicted molar refractivity (Wildman–Crippen MR) is 44.2 cm³/mol. The quantitative estimate of drug-likeness (QED) is 0.808. The summed E-state index contributed by atoms with van der Waals surface area (Å²) in [4.78, 5) is 0. The molecule has 0 fully saturated rings. The van der Waals surface area contributed by atoms with E-state index in [9.17, 15) is 0 Å². The van der Waals surface area contributed by atoms with E-state index in [-0.39, 0.29) is 20.4 Å². The molecule has 0 atom stereocenters. The third-order valence-electron chi connectivity index (χ3n) is 1.37. The van der Waals surface area contributed by atoms with Gasteiger partial charge in [-0.2, -0.15) is 0 Å². The van der Waals surface area contributed by atoms with Gasteiger partial charge in [0.15, 0.2) is 0 Å². The third-order valence-corrected chi connectivity index (χ3v) is 1.74. The first-order chi connectivity index (χ1) is 4.84. The molecule has 0 saturated carbocycles. The maximum atomic E-state index is 5.85. The van der Waals surface area contributed by atoms with Crippen LogP contribution in [0.3, 0.4) is 0 Å². The summed E-state index contributed by atoms with van der Waals surface area (Å²) in [6, 6.07) is 7.76. The average Bonchev–Trinajstić information content (AvgIpc) is 1.94. The smallest absolute Gasteiger partial charge is 0.0438 e. The van der Waals surface area contributed by atoms with Gasteiger partial charge in [-0.25, -0.2) is 0 Å². The van der Waals surface area contributed by atoms with Crippen LogP contribution < -0.4 is 5.73 Å². The summed E-state index contributed by atoms with van der Waals surface area (Å²) in [5.74, 6) is 0. The predicted octanol–water partition coefficient (Wildman–Crippen LogP) is 1.84. The molecule has 64 valence electrons. The van der Waals surface area contributed by atoms with Gasteiger partial charge < -0.3 is 5.73 Å². The minimum absolute atomic E-state index is 0. The van der Waals surface area contributed by atoms with E-state index in [4.69, 9.17) is 17.3 Å². The molecule has 0 saturated heterocycles. The first-order valence-electron chi connectivity index (χ1n) is 3.28. The Morgan fingerprint density at radius 1 is 1.27 bits per heavy atom. The Morgan fingerprint density at radius 3 is 2.45 bits per heavy atom. The fourth-order valence-corrected chi connectivity index (χ4v) is 1.09. The molecule has 0 heterocycles. The van der Waals surface area contributed by atoms with E-state index in [1.54, 1.807) is 0 Å². The summed E-state index contributed by atoms with van der Waals surface area (Å²) in [7, 11) is 0. The Hall–Kier alpha value is 0.132. The number of rotatable bonds is 2. The van der Waals surface area contributed by atoms with Crippen LogP contribution in [0, 0.1) is 0 Å². The molecule has 0 aromatic heterocycles. The number of nitrogens with two attached hydrogens (primary N) is 1. The molecule has 11 heavy (non-hydrogen) atoms. The van der Waals surface area contributed by atoms with Gasteiger partial charge in [0.2, 0.25) is 0 Å². The number of halogens is 1. The van der Waals surface area contributed by atoms with Crippen LogP contribution in [0.1, 0.15) is 5.56 Å². The Kier molecular flexibility index (Phi) is 5.81.